The molecule has 2 aromatic rings. The summed E-state index contributed by atoms with van der Waals surface area (Å²) in [6, 6.07) is 16.8. The Labute approximate surface area is 160 Å². The van der Waals surface area contributed by atoms with Crippen LogP contribution in [0.25, 0.3) is 0 Å². The Balaban J connectivity index is 1.74. The van der Waals surface area contributed by atoms with Crippen LogP contribution in [0.15, 0.2) is 71.6 Å². The van der Waals surface area contributed by atoms with Crippen molar-refractivity contribution in [3.05, 3.63) is 72.3 Å². The van der Waals surface area contributed by atoms with Gasteiger partial charge in [0.05, 0.1) is 16.2 Å². The van der Waals surface area contributed by atoms with E-state index >= 15 is 0 Å². The summed E-state index contributed by atoms with van der Waals surface area (Å²) in [5.74, 6) is -0.306. The number of allylic oxidation sites excluding steroid dienone is 2. The highest BCUT2D eigenvalue weighted by Gasteiger charge is 2.64. The molecule has 0 saturated heterocycles. The van der Waals surface area contributed by atoms with Crippen molar-refractivity contribution >= 4 is 34.0 Å². The molecule has 5 heteroatoms. The van der Waals surface area contributed by atoms with Crippen LogP contribution < -0.4 is 5.32 Å². The van der Waals surface area contributed by atoms with Crippen LogP contribution in [0.4, 0.5) is 5.69 Å². The van der Waals surface area contributed by atoms with Gasteiger partial charge in [0.25, 0.3) is 0 Å². The van der Waals surface area contributed by atoms with Gasteiger partial charge in [-0.05, 0) is 43.5 Å². The Morgan fingerprint density at radius 2 is 1.81 bits per heavy atom. The van der Waals surface area contributed by atoms with Gasteiger partial charge in [-0.1, -0.05) is 48.0 Å². The third kappa shape index (κ3) is 2.63. The van der Waals surface area contributed by atoms with E-state index in [1.807, 2.05) is 55.5 Å². The van der Waals surface area contributed by atoms with Crippen molar-refractivity contribution in [3.8, 4) is 0 Å². The van der Waals surface area contributed by atoms with Gasteiger partial charge in [0, 0.05) is 16.5 Å². The summed E-state index contributed by atoms with van der Waals surface area (Å²) in [5, 5.41) is 2.47. The number of carbonyl (C=O) groups excluding carboxylic acids is 1. The van der Waals surface area contributed by atoms with Crippen molar-refractivity contribution in [2.24, 2.45) is 11.8 Å². The van der Waals surface area contributed by atoms with E-state index in [0.29, 0.717) is 10.6 Å². The van der Waals surface area contributed by atoms with Crippen LogP contribution in [0.5, 0.6) is 0 Å². The topological polar surface area (TPSA) is 46.2 Å². The first-order valence-corrected chi connectivity index (χ1v) is 10.3. The number of aryl methyl sites for hydroxylation is 1. The molecule has 2 bridgehead atoms. The molecule has 1 N–H and O–H groups in total. The van der Waals surface area contributed by atoms with Gasteiger partial charge < -0.3 is 5.32 Å². The van der Waals surface area contributed by atoms with Gasteiger partial charge in [0.15, 0.2) is 4.75 Å². The Hall–Kier alpha value is -1.91. The fourth-order valence-electron chi connectivity index (χ4n) is 4.01. The van der Waals surface area contributed by atoms with Crippen LogP contribution >= 0.6 is 11.6 Å². The summed E-state index contributed by atoms with van der Waals surface area (Å²) in [7, 11) is -1.55. The molecule has 134 valence electrons. The Morgan fingerprint density at radius 3 is 2.42 bits per heavy atom. The molecule has 5 atom stereocenters. The van der Waals surface area contributed by atoms with E-state index in [-0.39, 0.29) is 17.7 Å². The molecule has 0 heterocycles. The average Bonchev–Trinajstić information content (AvgIpc) is 3.24. The number of amides is 1. The first-order chi connectivity index (χ1) is 12.5. The predicted molar refractivity (Wildman–Crippen MR) is 106 cm³/mol. The summed E-state index contributed by atoms with van der Waals surface area (Å²) >= 11 is 6.76. The zero-order valence-electron chi connectivity index (χ0n) is 14.4. The summed E-state index contributed by atoms with van der Waals surface area (Å²) < 4.78 is 12.4. The van der Waals surface area contributed by atoms with E-state index in [0.717, 1.165) is 12.0 Å². The molecule has 26 heavy (non-hydrogen) atoms. The summed E-state index contributed by atoms with van der Waals surface area (Å²) in [4.78, 5) is 14.1. The fraction of sp³-hybridized carbons (Fsp3) is 0.286. The van der Waals surface area contributed by atoms with Crippen LogP contribution in [-0.2, 0) is 15.6 Å². The molecule has 0 aromatic heterocycles. The van der Waals surface area contributed by atoms with E-state index in [1.54, 1.807) is 12.1 Å². The third-order valence-electron chi connectivity index (χ3n) is 5.38. The first-order valence-electron chi connectivity index (χ1n) is 8.71. The molecule has 2 aliphatic carbocycles. The standard InChI is InChI=1S/C21H20ClNO2S/c1-14-7-11-17(12-8-14)23-20(24)21(16-10-9-15(13-16)19(21)22)26(25)18-5-3-2-4-6-18/h2-12,15-16,19H,13H2,1H3,(H,23,24)/t15-,16+,19+,21-,26?/m0/s1. The number of hydrogen-bond donors (Lipinski definition) is 1. The van der Waals surface area contributed by atoms with Crippen molar-refractivity contribution in [2.75, 3.05) is 5.32 Å². The fourth-order valence-corrected chi connectivity index (χ4v) is 6.54. The lowest BCUT2D eigenvalue weighted by Crippen LogP contribution is -2.56. The Kier molecular flexibility index (Phi) is 4.49. The van der Waals surface area contributed by atoms with Crippen LogP contribution in [0.2, 0.25) is 0 Å². The molecule has 1 unspecified atom stereocenters. The number of rotatable bonds is 4. The molecule has 2 aliphatic rings. The second kappa shape index (κ2) is 6.67. The molecular weight excluding hydrogens is 366 g/mol. The lowest BCUT2D eigenvalue weighted by atomic mass is 9.90. The highest BCUT2D eigenvalue weighted by molar-refractivity contribution is 7.87. The summed E-state index contributed by atoms with van der Waals surface area (Å²) in [5.41, 5.74) is 1.81. The van der Waals surface area contributed by atoms with Gasteiger partial charge in [-0.3, -0.25) is 9.00 Å². The maximum absolute atomic E-state index is 13.6. The largest absolute Gasteiger partial charge is 0.325 e. The number of halogens is 1. The van der Waals surface area contributed by atoms with Crippen molar-refractivity contribution in [1.29, 1.82) is 0 Å². The highest BCUT2D eigenvalue weighted by Crippen LogP contribution is 2.54. The first kappa shape index (κ1) is 17.5. The second-order valence-corrected chi connectivity index (χ2v) is 9.14. The van der Waals surface area contributed by atoms with Crippen LogP contribution in [0.3, 0.4) is 0 Å². The van der Waals surface area contributed by atoms with Crippen molar-refractivity contribution in [3.63, 3.8) is 0 Å². The van der Waals surface area contributed by atoms with Gasteiger partial charge in [-0.2, -0.15) is 0 Å². The molecule has 2 aromatic carbocycles. The minimum absolute atomic E-state index is 0.0816. The molecule has 1 fully saturated rings. The molecule has 1 amide bonds. The number of carbonyl (C=O) groups is 1. The number of hydrogen-bond acceptors (Lipinski definition) is 2. The predicted octanol–water partition coefficient (Wildman–Crippen LogP) is 4.29. The van der Waals surface area contributed by atoms with Gasteiger partial charge >= 0.3 is 0 Å². The minimum Gasteiger partial charge on any atom is -0.325 e. The monoisotopic (exact) mass is 385 g/mol. The van der Waals surface area contributed by atoms with Crippen molar-refractivity contribution < 1.29 is 9.00 Å². The van der Waals surface area contributed by atoms with Crippen LogP contribution in [0, 0.1) is 18.8 Å². The smallest absolute Gasteiger partial charge is 0.245 e. The van der Waals surface area contributed by atoms with E-state index in [1.165, 1.54) is 0 Å². The van der Waals surface area contributed by atoms with E-state index < -0.39 is 20.9 Å². The summed E-state index contributed by atoms with van der Waals surface area (Å²) in [6.45, 7) is 1.99. The van der Waals surface area contributed by atoms with Gasteiger partial charge in [0.1, 0.15) is 0 Å². The zero-order chi connectivity index (χ0) is 18.3. The van der Waals surface area contributed by atoms with Gasteiger partial charge in [-0.25, -0.2) is 0 Å². The van der Waals surface area contributed by atoms with Gasteiger partial charge in [0.2, 0.25) is 5.91 Å². The lowest BCUT2D eigenvalue weighted by molar-refractivity contribution is -0.119. The van der Waals surface area contributed by atoms with E-state index in [9.17, 15) is 9.00 Å². The maximum Gasteiger partial charge on any atom is 0.245 e. The van der Waals surface area contributed by atoms with Crippen LogP contribution in [0.1, 0.15) is 12.0 Å². The minimum atomic E-state index is -1.55. The lowest BCUT2D eigenvalue weighted by Gasteiger charge is -2.36. The second-order valence-electron chi connectivity index (χ2n) is 6.99. The summed E-state index contributed by atoms with van der Waals surface area (Å²) in [6.07, 6.45) is 4.84. The molecular formula is C21H20ClNO2S. The SMILES string of the molecule is Cc1ccc(NC(=O)[C@]2(S(=O)c3ccccc3)[C@@H]3C=C[C@@H](C3)[C@H]2Cl)cc1. The number of nitrogens with one attached hydrogen (secondary N) is 1. The highest BCUT2D eigenvalue weighted by atomic mass is 35.5. The third-order valence-corrected chi connectivity index (χ3v) is 8.23. The van der Waals surface area contributed by atoms with Crippen molar-refractivity contribution in [2.45, 2.75) is 28.4 Å². The normalized spacial score (nSPS) is 30.3. The molecule has 0 radical (unpaired) electrons. The maximum atomic E-state index is 13.6. The molecule has 0 spiro atoms. The Morgan fingerprint density at radius 1 is 1.12 bits per heavy atom. The zero-order valence-corrected chi connectivity index (χ0v) is 16.0. The van der Waals surface area contributed by atoms with Crippen molar-refractivity contribution in [1.82, 2.24) is 0 Å². The molecule has 3 nitrogen and oxygen atoms in total. The molecule has 0 aliphatic heterocycles. The number of benzene rings is 2. The quantitative estimate of drug-likeness (QED) is 0.630. The van der Waals surface area contributed by atoms with Crippen LogP contribution in [-0.4, -0.2) is 20.2 Å². The Bertz CT molecular complexity index is 881. The van der Waals surface area contributed by atoms with E-state index in [4.69, 9.17) is 11.6 Å². The number of fused-ring (bicyclic) bond motifs is 2. The number of anilines is 1. The van der Waals surface area contributed by atoms with E-state index in [2.05, 4.69) is 11.4 Å². The molecule has 1 saturated carbocycles. The van der Waals surface area contributed by atoms with Gasteiger partial charge in [-0.15, -0.1) is 11.6 Å². The number of alkyl halides is 1. The average molecular weight is 386 g/mol. The molecule has 4 rings (SSSR count).